The van der Waals surface area contributed by atoms with Gasteiger partial charge in [0.15, 0.2) is 5.78 Å². The Morgan fingerprint density at radius 2 is 1.71 bits per heavy atom. The molecule has 0 aliphatic carbocycles. The summed E-state index contributed by atoms with van der Waals surface area (Å²) in [5, 5.41) is 3.87. The molecule has 0 bridgehead atoms. The van der Waals surface area contributed by atoms with Crippen LogP contribution in [0.25, 0.3) is 0 Å². The third kappa shape index (κ3) is 6.70. The Morgan fingerprint density at radius 1 is 1.06 bits per heavy atom. The van der Waals surface area contributed by atoms with Crippen LogP contribution in [0.15, 0.2) is 24.5 Å². The first-order chi connectivity index (χ1) is 16.5. The van der Waals surface area contributed by atoms with Crippen LogP contribution in [-0.2, 0) is 0 Å². The number of anilines is 1. The molecule has 0 spiro atoms. The van der Waals surface area contributed by atoms with Gasteiger partial charge in [0.1, 0.15) is 5.75 Å². The number of nitrogens with one attached hydrogen (secondary N) is 1. The molecule has 2 aromatic rings. The van der Waals surface area contributed by atoms with E-state index in [2.05, 4.69) is 20.2 Å². The minimum atomic E-state index is 0.268. The van der Waals surface area contributed by atoms with Crippen molar-refractivity contribution in [2.75, 3.05) is 37.7 Å². The zero-order chi connectivity index (χ0) is 23.9. The van der Waals surface area contributed by atoms with E-state index in [0.29, 0.717) is 24.0 Å². The molecule has 1 aromatic carbocycles. The Morgan fingerprint density at radius 3 is 2.32 bits per heavy atom. The third-order valence-electron chi connectivity index (χ3n) is 7.20. The normalized spacial score (nSPS) is 17.0. The Balaban J connectivity index is 1.17. The van der Waals surface area contributed by atoms with Crippen molar-refractivity contribution >= 4 is 23.3 Å². The Bertz CT molecular complexity index is 931. The molecule has 34 heavy (non-hydrogen) atoms. The number of aryl methyl sites for hydroxylation is 2. The lowest BCUT2D eigenvalue weighted by atomic mass is 9.92. The number of aromatic nitrogens is 2. The van der Waals surface area contributed by atoms with Gasteiger partial charge in [-0.05, 0) is 101 Å². The minimum Gasteiger partial charge on any atom is -0.494 e. The van der Waals surface area contributed by atoms with Crippen molar-refractivity contribution in [2.45, 2.75) is 58.8 Å². The summed E-state index contributed by atoms with van der Waals surface area (Å²) in [6.45, 7) is 8.95. The first-order valence-electron chi connectivity index (χ1n) is 12.7. The van der Waals surface area contributed by atoms with Gasteiger partial charge in [0.2, 0.25) is 5.95 Å². The van der Waals surface area contributed by atoms with Crippen LogP contribution in [0.1, 0.15) is 66.4 Å². The van der Waals surface area contributed by atoms with Gasteiger partial charge < -0.3 is 15.0 Å². The summed E-state index contributed by atoms with van der Waals surface area (Å²) in [5.74, 6) is 3.39. The van der Waals surface area contributed by atoms with Crippen molar-refractivity contribution in [3.8, 4) is 5.75 Å². The molecule has 0 saturated carbocycles. The number of carbonyl (C=O) groups excluding carboxylic acids is 1. The van der Waals surface area contributed by atoms with Crippen molar-refractivity contribution in [3.63, 3.8) is 0 Å². The van der Waals surface area contributed by atoms with Gasteiger partial charge in [-0.3, -0.25) is 4.79 Å². The monoisotopic (exact) mass is 484 g/mol. The number of halogens is 1. The lowest BCUT2D eigenvalue weighted by Crippen LogP contribution is -2.41. The molecule has 184 valence electrons. The van der Waals surface area contributed by atoms with Crippen molar-refractivity contribution in [1.82, 2.24) is 15.3 Å². The summed E-state index contributed by atoms with van der Waals surface area (Å²) in [5.41, 5.74) is 2.94. The van der Waals surface area contributed by atoms with Gasteiger partial charge >= 0.3 is 0 Å². The summed E-state index contributed by atoms with van der Waals surface area (Å²) in [6, 6.07) is 4.06. The number of benzene rings is 1. The largest absolute Gasteiger partial charge is 0.494 e. The minimum absolute atomic E-state index is 0.268. The van der Waals surface area contributed by atoms with Crippen LogP contribution < -0.4 is 15.0 Å². The Hall–Kier alpha value is -2.18. The van der Waals surface area contributed by atoms with Gasteiger partial charge in [-0.2, -0.15) is 0 Å². The van der Waals surface area contributed by atoms with Crippen LogP contribution in [0, 0.1) is 25.7 Å². The maximum atomic E-state index is 12.8. The molecular formula is C27H37ClN4O2. The van der Waals surface area contributed by atoms with E-state index in [9.17, 15) is 4.79 Å². The Kier molecular flexibility index (Phi) is 8.79. The number of Topliss-reactive ketones (excluding diaryl/α,β-unsaturated/α-hetero) is 1. The average Bonchev–Trinajstić information content (AvgIpc) is 2.79. The van der Waals surface area contributed by atoms with E-state index in [1.165, 1.54) is 6.42 Å². The van der Waals surface area contributed by atoms with Gasteiger partial charge in [-0.15, -0.1) is 0 Å². The molecule has 7 heteroatoms. The molecular weight excluding hydrogens is 448 g/mol. The standard InChI is InChI=1S/C27H37ClN4O2/c1-19-13-24(14-20(2)26(19)25(33)7-3-5-22-15-29-16-22)34-12-4-6-21-8-10-32(11-9-21)27-30-17-23(28)18-31-27/h13-14,17-18,21-22,29H,3-12,15-16H2,1-2H3. The van der Waals surface area contributed by atoms with E-state index in [4.69, 9.17) is 16.3 Å². The number of hydrogen-bond acceptors (Lipinski definition) is 6. The van der Waals surface area contributed by atoms with Crippen LogP contribution in [0.3, 0.4) is 0 Å². The van der Waals surface area contributed by atoms with Gasteiger partial charge in [0.05, 0.1) is 24.0 Å². The van der Waals surface area contributed by atoms with Crippen LogP contribution in [0.5, 0.6) is 5.75 Å². The molecule has 2 fully saturated rings. The first-order valence-corrected chi connectivity index (χ1v) is 13.1. The molecule has 1 N–H and O–H groups in total. The number of hydrogen-bond donors (Lipinski definition) is 1. The highest BCUT2D eigenvalue weighted by Crippen LogP contribution is 2.27. The zero-order valence-electron chi connectivity index (χ0n) is 20.5. The van der Waals surface area contributed by atoms with Crippen molar-refractivity contribution < 1.29 is 9.53 Å². The first kappa shape index (κ1) is 24.9. The predicted molar refractivity (Wildman–Crippen MR) is 137 cm³/mol. The molecule has 0 atom stereocenters. The quantitative estimate of drug-likeness (QED) is 0.340. The summed E-state index contributed by atoms with van der Waals surface area (Å²) < 4.78 is 6.07. The number of carbonyl (C=O) groups is 1. The number of piperidine rings is 1. The zero-order valence-corrected chi connectivity index (χ0v) is 21.2. The molecule has 2 aliphatic rings. The van der Waals surface area contributed by atoms with Gasteiger partial charge in [-0.1, -0.05) is 11.6 Å². The number of rotatable bonds is 11. The van der Waals surface area contributed by atoms with E-state index in [0.717, 1.165) is 92.6 Å². The SMILES string of the molecule is Cc1cc(OCCCC2CCN(c3ncc(Cl)cn3)CC2)cc(C)c1C(=O)CCCC1CNC1. The fourth-order valence-corrected chi connectivity index (χ4v) is 5.23. The summed E-state index contributed by atoms with van der Waals surface area (Å²) in [7, 11) is 0. The van der Waals surface area contributed by atoms with Crippen molar-refractivity contribution in [3.05, 3.63) is 46.2 Å². The van der Waals surface area contributed by atoms with Crippen LogP contribution in [-0.4, -0.2) is 48.5 Å². The van der Waals surface area contributed by atoms with E-state index >= 15 is 0 Å². The van der Waals surface area contributed by atoms with Crippen LogP contribution in [0.4, 0.5) is 5.95 Å². The van der Waals surface area contributed by atoms with E-state index in [-0.39, 0.29) is 5.78 Å². The maximum absolute atomic E-state index is 12.8. The number of ether oxygens (including phenoxy) is 1. The van der Waals surface area contributed by atoms with Crippen LogP contribution in [0.2, 0.25) is 5.02 Å². The lowest BCUT2D eigenvalue weighted by molar-refractivity contribution is 0.0975. The second-order valence-corrected chi connectivity index (χ2v) is 10.3. The highest BCUT2D eigenvalue weighted by molar-refractivity contribution is 6.30. The van der Waals surface area contributed by atoms with E-state index in [1.807, 2.05) is 26.0 Å². The fourth-order valence-electron chi connectivity index (χ4n) is 5.13. The predicted octanol–water partition coefficient (Wildman–Crippen LogP) is 5.39. The summed E-state index contributed by atoms with van der Waals surface area (Å²) in [6.07, 6.45) is 10.6. The number of nitrogens with zero attached hydrogens (tertiary/aromatic N) is 3. The molecule has 2 aliphatic heterocycles. The second-order valence-electron chi connectivity index (χ2n) is 9.89. The molecule has 6 nitrogen and oxygen atoms in total. The van der Waals surface area contributed by atoms with Gasteiger partial charge in [0, 0.05) is 25.1 Å². The van der Waals surface area contributed by atoms with Crippen molar-refractivity contribution in [1.29, 1.82) is 0 Å². The topological polar surface area (TPSA) is 67.3 Å². The molecule has 0 radical (unpaired) electrons. The van der Waals surface area contributed by atoms with E-state index in [1.54, 1.807) is 12.4 Å². The Labute approximate surface area is 208 Å². The highest BCUT2D eigenvalue weighted by atomic mass is 35.5. The smallest absolute Gasteiger partial charge is 0.225 e. The van der Waals surface area contributed by atoms with Crippen molar-refractivity contribution in [2.24, 2.45) is 11.8 Å². The lowest BCUT2D eigenvalue weighted by Gasteiger charge is -2.32. The van der Waals surface area contributed by atoms with E-state index < -0.39 is 0 Å². The molecule has 1 aromatic heterocycles. The van der Waals surface area contributed by atoms with Gasteiger partial charge in [-0.25, -0.2) is 9.97 Å². The van der Waals surface area contributed by atoms with Gasteiger partial charge in [0.25, 0.3) is 0 Å². The summed E-state index contributed by atoms with van der Waals surface area (Å²) >= 11 is 5.89. The average molecular weight is 485 g/mol. The van der Waals surface area contributed by atoms with Crippen LogP contribution >= 0.6 is 11.6 Å². The molecule has 4 rings (SSSR count). The second kappa shape index (κ2) is 12.0. The molecule has 0 amide bonds. The molecule has 3 heterocycles. The maximum Gasteiger partial charge on any atom is 0.225 e. The third-order valence-corrected chi connectivity index (χ3v) is 7.39. The summed E-state index contributed by atoms with van der Waals surface area (Å²) in [4.78, 5) is 23.7. The fraction of sp³-hybridized carbons (Fsp3) is 0.593. The molecule has 2 saturated heterocycles. The number of ketones is 1. The highest BCUT2D eigenvalue weighted by Gasteiger charge is 2.21. The molecule has 0 unspecified atom stereocenters.